The molecule has 0 spiro atoms. The van der Waals surface area contributed by atoms with E-state index in [4.69, 9.17) is 0 Å². The summed E-state index contributed by atoms with van der Waals surface area (Å²) < 4.78 is 2.04. The highest BCUT2D eigenvalue weighted by atomic mass is 16.2. The summed E-state index contributed by atoms with van der Waals surface area (Å²) in [6, 6.07) is 17.5. The lowest BCUT2D eigenvalue weighted by atomic mass is 10.0. The van der Waals surface area contributed by atoms with Crippen LogP contribution in [0, 0.1) is 27.7 Å². The number of nitrogens with zero attached hydrogens (tertiary/aromatic N) is 1. The maximum Gasteiger partial charge on any atom is 0.261 e. The number of carbonyl (C=O) groups is 1. The number of benzene rings is 2. The van der Waals surface area contributed by atoms with Gasteiger partial charge in [0.2, 0.25) is 0 Å². The topological polar surface area (TPSA) is 51.1 Å². The van der Waals surface area contributed by atoms with Gasteiger partial charge in [-0.15, -0.1) is 0 Å². The van der Waals surface area contributed by atoms with Crippen molar-refractivity contribution in [2.24, 2.45) is 0 Å². The monoisotopic (exact) mass is 360 g/mol. The Bertz CT molecular complexity index is 1030. The number of rotatable bonds is 4. The summed E-state index contributed by atoms with van der Waals surface area (Å²) in [6.07, 6.45) is 0. The number of amides is 1. The number of nitrogens with one attached hydrogen (secondary N) is 1. The van der Waals surface area contributed by atoms with Crippen LogP contribution in [0.25, 0.3) is 0 Å². The molecule has 0 saturated heterocycles. The van der Waals surface area contributed by atoms with Gasteiger partial charge in [0.05, 0.1) is 0 Å². The van der Waals surface area contributed by atoms with Crippen LogP contribution in [-0.4, -0.2) is 10.5 Å². The molecule has 1 N–H and O–H groups in total. The summed E-state index contributed by atoms with van der Waals surface area (Å²) in [6.45, 7) is 8.21. The van der Waals surface area contributed by atoms with E-state index in [1.54, 1.807) is 19.1 Å². The number of hydrogen-bond acceptors (Lipinski definition) is 2. The molecule has 0 aliphatic heterocycles. The van der Waals surface area contributed by atoms with Gasteiger partial charge in [-0.1, -0.05) is 48.0 Å². The van der Waals surface area contributed by atoms with Crippen LogP contribution in [0.4, 0.5) is 5.69 Å². The Morgan fingerprint density at radius 3 is 2.15 bits per heavy atom. The lowest BCUT2D eigenvalue weighted by molar-refractivity contribution is 0.102. The maximum absolute atomic E-state index is 12.8. The standard InChI is InChI=1S/C23H24N2O2/c1-15-10-12-19(13-11-15)14-25-17(3)16(2)22(26)21(18(25)4)23(27)24-20-8-6-5-7-9-20/h5-13H,14H2,1-4H3,(H,24,27). The minimum atomic E-state index is -0.371. The largest absolute Gasteiger partial charge is 0.343 e. The molecule has 4 nitrogen and oxygen atoms in total. The first-order valence-corrected chi connectivity index (χ1v) is 9.01. The van der Waals surface area contributed by atoms with Crippen LogP contribution in [0.3, 0.4) is 0 Å². The fourth-order valence-corrected chi connectivity index (χ4v) is 3.20. The van der Waals surface area contributed by atoms with Crippen LogP contribution in [-0.2, 0) is 6.54 Å². The van der Waals surface area contributed by atoms with E-state index in [2.05, 4.69) is 36.5 Å². The smallest absolute Gasteiger partial charge is 0.261 e. The first kappa shape index (κ1) is 18.6. The third kappa shape index (κ3) is 3.85. The van der Waals surface area contributed by atoms with Gasteiger partial charge in [0.1, 0.15) is 5.56 Å². The number of pyridine rings is 1. The van der Waals surface area contributed by atoms with E-state index in [1.165, 1.54) is 5.56 Å². The summed E-state index contributed by atoms with van der Waals surface area (Å²) in [5.41, 5.74) is 5.16. The summed E-state index contributed by atoms with van der Waals surface area (Å²) in [4.78, 5) is 25.7. The van der Waals surface area contributed by atoms with Crippen LogP contribution in [0.15, 0.2) is 59.4 Å². The minimum Gasteiger partial charge on any atom is -0.343 e. The highest BCUT2D eigenvalue weighted by molar-refractivity contribution is 6.05. The van der Waals surface area contributed by atoms with Crippen LogP contribution >= 0.6 is 0 Å². The van der Waals surface area contributed by atoms with Crippen LogP contribution in [0.5, 0.6) is 0 Å². The van der Waals surface area contributed by atoms with Gasteiger partial charge in [0, 0.05) is 29.2 Å². The van der Waals surface area contributed by atoms with Crippen LogP contribution < -0.4 is 10.7 Å². The van der Waals surface area contributed by atoms with Gasteiger partial charge in [-0.3, -0.25) is 9.59 Å². The molecule has 27 heavy (non-hydrogen) atoms. The molecule has 3 aromatic rings. The Hall–Kier alpha value is -3.14. The van der Waals surface area contributed by atoms with Crippen molar-refractivity contribution in [3.8, 4) is 0 Å². The van der Waals surface area contributed by atoms with E-state index in [9.17, 15) is 9.59 Å². The van der Waals surface area contributed by atoms with Crippen molar-refractivity contribution in [1.29, 1.82) is 0 Å². The molecule has 0 bridgehead atoms. The number of anilines is 1. The third-order valence-electron chi connectivity index (χ3n) is 5.00. The Morgan fingerprint density at radius 1 is 0.889 bits per heavy atom. The second-order valence-corrected chi connectivity index (χ2v) is 6.89. The molecule has 0 aliphatic carbocycles. The molecule has 138 valence electrons. The van der Waals surface area contributed by atoms with Gasteiger partial charge in [-0.2, -0.15) is 0 Å². The van der Waals surface area contributed by atoms with Gasteiger partial charge in [0.25, 0.3) is 5.91 Å². The highest BCUT2D eigenvalue weighted by Gasteiger charge is 2.20. The molecule has 0 unspecified atom stereocenters. The first-order chi connectivity index (χ1) is 12.9. The van der Waals surface area contributed by atoms with Crippen molar-refractivity contribution >= 4 is 11.6 Å². The van der Waals surface area contributed by atoms with Crippen molar-refractivity contribution < 1.29 is 4.79 Å². The fraction of sp³-hybridized carbons (Fsp3) is 0.217. The van der Waals surface area contributed by atoms with Gasteiger partial charge in [-0.05, 0) is 45.4 Å². The Balaban J connectivity index is 2.04. The predicted molar refractivity (Wildman–Crippen MR) is 110 cm³/mol. The molecule has 1 amide bonds. The van der Waals surface area contributed by atoms with Gasteiger partial charge < -0.3 is 9.88 Å². The molecular weight excluding hydrogens is 336 g/mol. The average molecular weight is 360 g/mol. The summed E-state index contributed by atoms with van der Waals surface area (Å²) in [7, 11) is 0. The van der Waals surface area contributed by atoms with Crippen molar-refractivity contribution in [2.45, 2.75) is 34.2 Å². The summed E-state index contributed by atoms with van der Waals surface area (Å²) in [5.74, 6) is -0.371. The lowest BCUT2D eigenvalue weighted by Gasteiger charge is -2.20. The third-order valence-corrected chi connectivity index (χ3v) is 5.00. The quantitative estimate of drug-likeness (QED) is 0.750. The predicted octanol–water partition coefficient (Wildman–Crippen LogP) is 4.38. The van der Waals surface area contributed by atoms with E-state index in [0.29, 0.717) is 23.5 Å². The van der Waals surface area contributed by atoms with Crippen molar-refractivity contribution in [2.75, 3.05) is 5.32 Å². The Kier molecular flexibility index (Phi) is 5.26. The molecule has 3 rings (SSSR count). The summed E-state index contributed by atoms with van der Waals surface area (Å²) in [5, 5.41) is 2.83. The number of carbonyl (C=O) groups excluding carboxylic acids is 1. The zero-order valence-electron chi connectivity index (χ0n) is 16.2. The van der Waals surface area contributed by atoms with Crippen molar-refractivity contribution in [1.82, 2.24) is 4.57 Å². The molecule has 0 fully saturated rings. The average Bonchev–Trinajstić information content (AvgIpc) is 2.66. The second-order valence-electron chi connectivity index (χ2n) is 6.89. The molecule has 4 heteroatoms. The Morgan fingerprint density at radius 2 is 1.52 bits per heavy atom. The van der Waals surface area contributed by atoms with Crippen LogP contribution in [0.2, 0.25) is 0 Å². The van der Waals surface area contributed by atoms with Gasteiger partial charge in [0.15, 0.2) is 5.43 Å². The number of hydrogen-bond donors (Lipinski definition) is 1. The molecule has 1 aromatic heterocycles. The molecule has 0 saturated carbocycles. The Labute approximate surface area is 159 Å². The van der Waals surface area contributed by atoms with E-state index < -0.39 is 0 Å². The number of aromatic nitrogens is 1. The zero-order chi connectivity index (χ0) is 19.6. The first-order valence-electron chi connectivity index (χ1n) is 9.01. The maximum atomic E-state index is 12.8. The molecule has 2 aromatic carbocycles. The molecule has 1 heterocycles. The summed E-state index contributed by atoms with van der Waals surface area (Å²) >= 11 is 0. The molecule has 0 atom stereocenters. The van der Waals surface area contributed by atoms with Gasteiger partial charge >= 0.3 is 0 Å². The van der Waals surface area contributed by atoms with E-state index in [0.717, 1.165) is 11.3 Å². The fourth-order valence-electron chi connectivity index (χ4n) is 3.20. The van der Waals surface area contributed by atoms with Crippen LogP contribution in [0.1, 0.15) is 38.4 Å². The molecule has 0 radical (unpaired) electrons. The normalized spacial score (nSPS) is 10.7. The zero-order valence-corrected chi connectivity index (χ0v) is 16.2. The molecular formula is C23H24N2O2. The minimum absolute atomic E-state index is 0.203. The van der Waals surface area contributed by atoms with Crippen molar-refractivity contribution in [3.63, 3.8) is 0 Å². The number of aryl methyl sites for hydroxylation is 1. The second kappa shape index (κ2) is 7.62. The highest BCUT2D eigenvalue weighted by Crippen LogP contribution is 2.16. The lowest BCUT2D eigenvalue weighted by Crippen LogP contribution is -2.29. The SMILES string of the molecule is Cc1ccc(Cn2c(C)c(C)c(=O)c(C(=O)Nc3ccccc3)c2C)cc1. The molecule has 0 aliphatic rings. The van der Waals surface area contributed by atoms with E-state index >= 15 is 0 Å². The van der Waals surface area contributed by atoms with Gasteiger partial charge in [-0.25, -0.2) is 0 Å². The van der Waals surface area contributed by atoms with E-state index in [1.807, 2.05) is 36.6 Å². The van der Waals surface area contributed by atoms with E-state index in [-0.39, 0.29) is 16.9 Å². The van der Waals surface area contributed by atoms with Crippen molar-refractivity contribution in [3.05, 3.63) is 98.5 Å². The number of para-hydroxylation sites is 1.